The maximum Gasteiger partial charge on any atom is 0.411 e. The van der Waals surface area contributed by atoms with Gasteiger partial charge < -0.3 is 4.74 Å². The molecule has 136 valence electrons. The molecule has 0 saturated carbocycles. The molecule has 0 N–H and O–H groups in total. The van der Waals surface area contributed by atoms with E-state index < -0.39 is 5.60 Å². The summed E-state index contributed by atoms with van der Waals surface area (Å²) in [6.45, 7) is 9.47. The Bertz CT molecular complexity index is 611. The molecule has 1 aromatic carbocycles. The fraction of sp³-hybridized carbons (Fsp3) is 0.571. The van der Waals surface area contributed by atoms with Gasteiger partial charge >= 0.3 is 6.09 Å². The molecule has 0 unspecified atom stereocenters. The highest BCUT2D eigenvalue weighted by Crippen LogP contribution is 2.36. The fourth-order valence-corrected chi connectivity index (χ4v) is 3.81. The first-order valence-electron chi connectivity index (χ1n) is 9.30. The largest absolute Gasteiger partial charge is 0.444 e. The standard InChI is InChI=1S/C21H30N2O2/c1-20(2,3)25-19(24)23-14-8-7-11-21(23)12-15-22(16-13-21)17-18-9-5-4-6-10-18/h4-10H,11-17H2,1-3H3. The topological polar surface area (TPSA) is 32.8 Å². The molecule has 3 rings (SSSR count). The van der Waals surface area contributed by atoms with E-state index in [9.17, 15) is 4.79 Å². The first-order valence-corrected chi connectivity index (χ1v) is 9.30. The van der Waals surface area contributed by atoms with Crippen LogP contribution in [0.25, 0.3) is 0 Å². The van der Waals surface area contributed by atoms with Crippen molar-refractivity contribution < 1.29 is 9.53 Å². The number of hydrogen-bond donors (Lipinski definition) is 0. The van der Waals surface area contributed by atoms with Gasteiger partial charge in [-0.25, -0.2) is 4.79 Å². The van der Waals surface area contributed by atoms with E-state index in [4.69, 9.17) is 4.74 Å². The van der Waals surface area contributed by atoms with Crippen molar-refractivity contribution in [3.05, 3.63) is 48.0 Å². The van der Waals surface area contributed by atoms with E-state index in [0.29, 0.717) is 6.54 Å². The second-order valence-corrected chi connectivity index (χ2v) is 8.25. The van der Waals surface area contributed by atoms with Crippen molar-refractivity contribution in [2.45, 2.75) is 57.7 Å². The minimum Gasteiger partial charge on any atom is -0.444 e. The molecule has 1 spiro atoms. The van der Waals surface area contributed by atoms with Gasteiger partial charge in [-0.05, 0) is 45.6 Å². The van der Waals surface area contributed by atoms with Gasteiger partial charge in [-0.1, -0.05) is 42.5 Å². The van der Waals surface area contributed by atoms with Crippen molar-refractivity contribution in [2.24, 2.45) is 0 Å². The Kier molecular flexibility index (Phi) is 5.19. The molecule has 25 heavy (non-hydrogen) atoms. The summed E-state index contributed by atoms with van der Waals surface area (Å²) >= 11 is 0. The number of piperidine rings is 1. The van der Waals surface area contributed by atoms with Gasteiger partial charge in [0.2, 0.25) is 0 Å². The molecule has 1 saturated heterocycles. The molecule has 0 bridgehead atoms. The van der Waals surface area contributed by atoms with Crippen molar-refractivity contribution in [3.63, 3.8) is 0 Å². The van der Waals surface area contributed by atoms with E-state index in [0.717, 1.165) is 38.9 Å². The molecule has 2 aliphatic heterocycles. The molecule has 1 fully saturated rings. The Balaban J connectivity index is 1.65. The van der Waals surface area contributed by atoms with Gasteiger partial charge in [-0.3, -0.25) is 9.80 Å². The molecule has 4 nitrogen and oxygen atoms in total. The Morgan fingerprint density at radius 1 is 1.12 bits per heavy atom. The van der Waals surface area contributed by atoms with Crippen molar-refractivity contribution in [1.82, 2.24) is 9.80 Å². The number of ether oxygens (including phenoxy) is 1. The predicted octanol–water partition coefficient (Wildman–Crippen LogP) is 4.22. The van der Waals surface area contributed by atoms with Crippen LogP contribution in [0.1, 0.15) is 45.6 Å². The zero-order valence-electron chi connectivity index (χ0n) is 15.7. The van der Waals surface area contributed by atoms with Gasteiger partial charge in [0, 0.05) is 26.2 Å². The number of nitrogens with zero attached hydrogens (tertiary/aromatic N) is 2. The molecule has 0 radical (unpaired) electrons. The molecule has 0 aromatic heterocycles. The fourth-order valence-electron chi connectivity index (χ4n) is 3.81. The smallest absolute Gasteiger partial charge is 0.411 e. The van der Waals surface area contributed by atoms with Gasteiger partial charge in [0.25, 0.3) is 0 Å². The summed E-state index contributed by atoms with van der Waals surface area (Å²) < 4.78 is 5.67. The van der Waals surface area contributed by atoms with Gasteiger partial charge in [-0.15, -0.1) is 0 Å². The number of rotatable bonds is 2. The number of likely N-dealkylation sites (tertiary alicyclic amines) is 1. The van der Waals surface area contributed by atoms with Gasteiger partial charge in [0.15, 0.2) is 0 Å². The van der Waals surface area contributed by atoms with Gasteiger partial charge in [-0.2, -0.15) is 0 Å². The lowest BCUT2D eigenvalue weighted by Gasteiger charge is -2.49. The SMILES string of the molecule is CC(C)(C)OC(=O)N1CC=CCC12CCN(Cc1ccccc1)CC2. The maximum atomic E-state index is 12.7. The average Bonchev–Trinajstić information content (AvgIpc) is 2.57. The van der Waals surface area contributed by atoms with E-state index in [1.807, 2.05) is 25.7 Å². The molecule has 0 atom stereocenters. The Labute approximate surface area is 151 Å². The Morgan fingerprint density at radius 2 is 1.80 bits per heavy atom. The number of carbonyl (C=O) groups excluding carboxylic acids is 1. The summed E-state index contributed by atoms with van der Waals surface area (Å²) in [5, 5.41) is 0. The average molecular weight is 342 g/mol. The molecule has 4 heteroatoms. The van der Waals surface area contributed by atoms with Crippen LogP contribution in [0.3, 0.4) is 0 Å². The van der Waals surface area contributed by atoms with Crippen molar-refractivity contribution >= 4 is 6.09 Å². The monoisotopic (exact) mass is 342 g/mol. The first-order chi connectivity index (χ1) is 11.9. The minimum atomic E-state index is -0.451. The molecule has 0 aliphatic carbocycles. The van der Waals surface area contributed by atoms with Crippen LogP contribution in [0.15, 0.2) is 42.5 Å². The quantitative estimate of drug-likeness (QED) is 0.755. The van der Waals surface area contributed by atoms with Crippen LogP contribution in [0, 0.1) is 0 Å². The molecular weight excluding hydrogens is 312 g/mol. The highest BCUT2D eigenvalue weighted by Gasteiger charge is 2.43. The number of amides is 1. The normalized spacial score (nSPS) is 20.7. The molecule has 2 heterocycles. The second kappa shape index (κ2) is 7.20. The van der Waals surface area contributed by atoms with Crippen LogP contribution in [0.2, 0.25) is 0 Å². The van der Waals surface area contributed by atoms with E-state index in [-0.39, 0.29) is 11.6 Å². The minimum absolute atomic E-state index is 0.0791. The highest BCUT2D eigenvalue weighted by molar-refractivity contribution is 5.70. The third-order valence-corrected chi connectivity index (χ3v) is 5.17. The number of benzene rings is 1. The lowest BCUT2D eigenvalue weighted by atomic mass is 9.81. The van der Waals surface area contributed by atoms with E-state index in [2.05, 4.69) is 47.4 Å². The van der Waals surface area contributed by atoms with Crippen molar-refractivity contribution in [1.29, 1.82) is 0 Å². The summed E-state index contributed by atoms with van der Waals surface area (Å²) in [5.74, 6) is 0. The zero-order chi connectivity index (χ0) is 17.9. The second-order valence-electron chi connectivity index (χ2n) is 8.25. The third kappa shape index (κ3) is 4.43. The summed E-state index contributed by atoms with van der Waals surface area (Å²) in [4.78, 5) is 17.2. The van der Waals surface area contributed by atoms with Crippen molar-refractivity contribution in [3.8, 4) is 0 Å². The summed E-state index contributed by atoms with van der Waals surface area (Å²) in [6, 6.07) is 10.6. The van der Waals surface area contributed by atoms with E-state index >= 15 is 0 Å². The van der Waals surface area contributed by atoms with Gasteiger partial charge in [0.1, 0.15) is 5.60 Å². The third-order valence-electron chi connectivity index (χ3n) is 5.17. The van der Waals surface area contributed by atoms with Crippen LogP contribution < -0.4 is 0 Å². The number of carbonyl (C=O) groups is 1. The lowest BCUT2D eigenvalue weighted by molar-refractivity contribution is -0.0204. The Morgan fingerprint density at radius 3 is 2.44 bits per heavy atom. The molecule has 1 amide bonds. The van der Waals surface area contributed by atoms with Crippen LogP contribution in [0.4, 0.5) is 4.79 Å². The van der Waals surface area contributed by atoms with Crippen LogP contribution in [-0.2, 0) is 11.3 Å². The molecular formula is C21H30N2O2. The van der Waals surface area contributed by atoms with E-state index in [1.165, 1.54) is 5.56 Å². The summed E-state index contributed by atoms with van der Waals surface area (Å²) in [7, 11) is 0. The highest BCUT2D eigenvalue weighted by atomic mass is 16.6. The first kappa shape index (κ1) is 18.0. The number of hydrogen-bond acceptors (Lipinski definition) is 3. The van der Waals surface area contributed by atoms with Crippen LogP contribution >= 0.6 is 0 Å². The zero-order valence-corrected chi connectivity index (χ0v) is 15.7. The van der Waals surface area contributed by atoms with E-state index in [1.54, 1.807) is 0 Å². The van der Waals surface area contributed by atoms with Gasteiger partial charge in [0.05, 0.1) is 5.54 Å². The van der Waals surface area contributed by atoms with Crippen LogP contribution in [0.5, 0.6) is 0 Å². The van der Waals surface area contributed by atoms with Crippen molar-refractivity contribution in [2.75, 3.05) is 19.6 Å². The molecule has 2 aliphatic rings. The maximum absolute atomic E-state index is 12.7. The lowest BCUT2D eigenvalue weighted by Crippen LogP contribution is -2.59. The Hall–Kier alpha value is -1.81. The predicted molar refractivity (Wildman–Crippen MR) is 100 cm³/mol. The molecule has 1 aromatic rings. The van der Waals surface area contributed by atoms with Crippen LogP contribution in [-0.4, -0.2) is 46.7 Å². The summed E-state index contributed by atoms with van der Waals surface area (Å²) in [5.41, 5.74) is 0.823. The summed E-state index contributed by atoms with van der Waals surface area (Å²) in [6.07, 6.45) is 7.09.